The van der Waals surface area contributed by atoms with Crippen LogP contribution in [-0.4, -0.2) is 25.0 Å². The fourth-order valence-electron chi connectivity index (χ4n) is 1.02. The molecule has 0 bridgehead atoms. The number of hydrogen-bond acceptors (Lipinski definition) is 3. The number of halogens is 6. The van der Waals surface area contributed by atoms with Crippen molar-refractivity contribution in [2.24, 2.45) is 0 Å². The van der Waals surface area contributed by atoms with Gasteiger partial charge in [0.2, 0.25) is 0 Å². The predicted molar refractivity (Wildman–Crippen MR) is 69.3 cm³/mol. The molecule has 0 saturated carbocycles. The molecule has 0 aliphatic carbocycles. The zero-order chi connectivity index (χ0) is 15.0. The first-order valence-corrected chi connectivity index (χ1v) is 6.51. The molecule has 0 aliphatic rings. The van der Waals surface area contributed by atoms with Crippen LogP contribution in [0.2, 0.25) is 10.0 Å². The second kappa shape index (κ2) is 6.25. The van der Waals surface area contributed by atoms with Crippen LogP contribution in [-0.2, 0) is 10.0 Å². The Labute approximate surface area is 127 Å². The lowest BCUT2D eigenvalue weighted by Crippen LogP contribution is -2.30. The Morgan fingerprint density at radius 1 is 1.25 bits per heavy atom. The van der Waals surface area contributed by atoms with E-state index in [0.717, 1.165) is 16.9 Å². The minimum atomic E-state index is -5.72. The van der Waals surface area contributed by atoms with Gasteiger partial charge in [-0.1, -0.05) is 23.2 Å². The van der Waals surface area contributed by atoms with Crippen molar-refractivity contribution in [3.8, 4) is 0 Å². The van der Waals surface area contributed by atoms with Gasteiger partial charge in [0.05, 0.1) is 16.3 Å². The first-order chi connectivity index (χ1) is 8.45. The molecular formula is C8H5Cl3F3NO4S. The summed E-state index contributed by atoms with van der Waals surface area (Å²) in [7, 11) is -5.72. The third-order valence-electron chi connectivity index (χ3n) is 1.82. The van der Waals surface area contributed by atoms with Crippen LogP contribution >= 0.6 is 35.6 Å². The maximum Gasteiger partial charge on any atom is 0.516 e. The van der Waals surface area contributed by atoms with E-state index in [1.807, 2.05) is 0 Å². The van der Waals surface area contributed by atoms with Gasteiger partial charge in [0.15, 0.2) is 0 Å². The molecule has 1 rings (SSSR count). The number of aromatic carboxylic acids is 1. The SMILES string of the molecule is Cl.O=C(O)c1cc(Cl)cc(NS(=O)(=O)C(F)(F)F)c1Cl. The Balaban J connectivity index is 0.00000361. The highest BCUT2D eigenvalue weighted by Gasteiger charge is 2.46. The summed E-state index contributed by atoms with van der Waals surface area (Å²) < 4.78 is 59.4. The summed E-state index contributed by atoms with van der Waals surface area (Å²) in [5.41, 5.74) is -6.97. The van der Waals surface area contributed by atoms with Gasteiger partial charge < -0.3 is 5.11 Å². The fourth-order valence-corrected chi connectivity index (χ4v) is 2.10. The average molecular weight is 375 g/mol. The van der Waals surface area contributed by atoms with E-state index >= 15 is 0 Å². The number of nitrogens with one attached hydrogen (secondary N) is 1. The molecule has 20 heavy (non-hydrogen) atoms. The smallest absolute Gasteiger partial charge is 0.478 e. The van der Waals surface area contributed by atoms with Crippen molar-refractivity contribution < 1.29 is 31.5 Å². The zero-order valence-electron chi connectivity index (χ0n) is 9.03. The van der Waals surface area contributed by atoms with E-state index in [-0.39, 0.29) is 17.4 Å². The van der Waals surface area contributed by atoms with Crippen molar-refractivity contribution in [2.75, 3.05) is 4.72 Å². The molecule has 1 aromatic carbocycles. The van der Waals surface area contributed by atoms with Gasteiger partial charge in [-0.2, -0.15) is 21.6 Å². The highest BCUT2D eigenvalue weighted by molar-refractivity contribution is 7.93. The van der Waals surface area contributed by atoms with Crippen LogP contribution in [0.3, 0.4) is 0 Å². The van der Waals surface area contributed by atoms with Crippen LogP contribution in [0.15, 0.2) is 12.1 Å². The number of sulfonamides is 1. The lowest BCUT2D eigenvalue weighted by Gasteiger charge is -2.13. The van der Waals surface area contributed by atoms with Gasteiger partial charge in [-0.15, -0.1) is 12.4 Å². The van der Waals surface area contributed by atoms with E-state index in [0.29, 0.717) is 0 Å². The molecule has 1 aromatic rings. The topological polar surface area (TPSA) is 83.5 Å². The molecule has 12 heteroatoms. The number of benzene rings is 1. The van der Waals surface area contributed by atoms with Gasteiger partial charge in [0.25, 0.3) is 0 Å². The molecule has 114 valence electrons. The van der Waals surface area contributed by atoms with E-state index in [2.05, 4.69) is 0 Å². The van der Waals surface area contributed by atoms with E-state index < -0.39 is 37.8 Å². The van der Waals surface area contributed by atoms with Crippen molar-refractivity contribution >= 4 is 57.3 Å². The quantitative estimate of drug-likeness (QED) is 0.849. The summed E-state index contributed by atoms with van der Waals surface area (Å²) >= 11 is 11.0. The van der Waals surface area contributed by atoms with E-state index in [4.69, 9.17) is 28.3 Å². The van der Waals surface area contributed by atoms with Gasteiger partial charge >= 0.3 is 21.5 Å². The number of rotatable bonds is 3. The number of hydrogen-bond donors (Lipinski definition) is 2. The average Bonchev–Trinajstić information content (AvgIpc) is 2.20. The zero-order valence-corrected chi connectivity index (χ0v) is 12.2. The van der Waals surface area contributed by atoms with Crippen LogP contribution in [0, 0.1) is 0 Å². The number of carboxylic acid groups (broad SMARTS) is 1. The molecule has 0 aliphatic heterocycles. The minimum Gasteiger partial charge on any atom is -0.478 e. The molecule has 0 saturated heterocycles. The highest BCUT2D eigenvalue weighted by atomic mass is 35.5. The summed E-state index contributed by atoms with van der Waals surface area (Å²) in [5, 5.41) is 7.74. The minimum absolute atomic E-state index is 0. The third-order valence-corrected chi connectivity index (χ3v) is 3.54. The molecule has 0 radical (unpaired) electrons. The van der Waals surface area contributed by atoms with Crippen molar-refractivity contribution in [3.63, 3.8) is 0 Å². The number of anilines is 1. The van der Waals surface area contributed by atoms with Gasteiger partial charge in [0.1, 0.15) is 0 Å². The van der Waals surface area contributed by atoms with Crippen LogP contribution in [0.25, 0.3) is 0 Å². The molecule has 5 nitrogen and oxygen atoms in total. The number of carbonyl (C=O) groups is 1. The maximum absolute atomic E-state index is 12.2. The first kappa shape index (κ1) is 19.1. The lowest BCUT2D eigenvalue weighted by atomic mass is 10.2. The Bertz CT molecular complexity index is 633. The van der Waals surface area contributed by atoms with Crippen molar-refractivity contribution in [2.45, 2.75) is 5.51 Å². The van der Waals surface area contributed by atoms with Crippen LogP contribution in [0.1, 0.15) is 10.4 Å². The maximum atomic E-state index is 12.2. The molecule has 0 spiro atoms. The molecule has 0 heterocycles. The molecule has 0 unspecified atom stereocenters. The monoisotopic (exact) mass is 373 g/mol. The van der Waals surface area contributed by atoms with Crippen LogP contribution in [0.4, 0.5) is 18.9 Å². The highest BCUT2D eigenvalue weighted by Crippen LogP contribution is 2.33. The molecule has 0 aromatic heterocycles. The normalized spacial score (nSPS) is 11.7. The molecule has 0 fully saturated rings. The number of carboxylic acids is 1. The lowest BCUT2D eigenvalue weighted by molar-refractivity contribution is -0.0429. The predicted octanol–water partition coefficient (Wildman–Crippen LogP) is 3.37. The molecule has 0 atom stereocenters. The van der Waals surface area contributed by atoms with Gasteiger partial charge in [-0.25, -0.2) is 4.79 Å². The Morgan fingerprint density at radius 3 is 2.15 bits per heavy atom. The molecule has 0 amide bonds. The second-order valence-electron chi connectivity index (χ2n) is 3.17. The first-order valence-electron chi connectivity index (χ1n) is 4.27. The van der Waals surface area contributed by atoms with Crippen LogP contribution < -0.4 is 4.72 Å². The second-order valence-corrected chi connectivity index (χ2v) is 5.66. The third kappa shape index (κ3) is 4.05. The van der Waals surface area contributed by atoms with Crippen LogP contribution in [0.5, 0.6) is 0 Å². The van der Waals surface area contributed by atoms with E-state index in [1.54, 1.807) is 0 Å². The summed E-state index contributed by atoms with van der Waals surface area (Å²) in [6.45, 7) is 0. The number of alkyl halides is 3. The standard InChI is InChI=1S/C8H4Cl2F3NO4S.ClH/c9-3-1-4(7(15)16)6(10)5(2-3)14-19(17,18)8(11,12)13;/h1-2,14H,(H,15,16);1H. The summed E-state index contributed by atoms with van der Waals surface area (Å²) in [4.78, 5) is 10.7. The van der Waals surface area contributed by atoms with Crippen molar-refractivity contribution in [1.29, 1.82) is 0 Å². The van der Waals surface area contributed by atoms with Gasteiger partial charge in [-0.05, 0) is 12.1 Å². The fraction of sp³-hybridized carbons (Fsp3) is 0.125. The summed E-state index contributed by atoms with van der Waals surface area (Å²) in [6, 6.07) is 1.64. The van der Waals surface area contributed by atoms with E-state index in [9.17, 15) is 26.4 Å². The van der Waals surface area contributed by atoms with Gasteiger partial charge in [0, 0.05) is 5.02 Å². The van der Waals surface area contributed by atoms with Crippen molar-refractivity contribution in [3.05, 3.63) is 27.7 Å². The van der Waals surface area contributed by atoms with Crippen molar-refractivity contribution in [1.82, 2.24) is 0 Å². The Hall–Kier alpha value is -0.900. The Morgan fingerprint density at radius 2 is 1.75 bits per heavy atom. The molecule has 2 N–H and O–H groups in total. The van der Waals surface area contributed by atoms with Gasteiger partial charge in [-0.3, -0.25) is 4.72 Å². The van der Waals surface area contributed by atoms with E-state index in [1.165, 1.54) is 0 Å². The largest absolute Gasteiger partial charge is 0.516 e. The molecular weight excluding hydrogens is 370 g/mol. The summed E-state index contributed by atoms with van der Waals surface area (Å²) in [6.07, 6.45) is 0. The summed E-state index contributed by atoms with van der Waals surface area (Å²) in [5.74, 6) is -1.57. The Kier molecular flexibility index (Phi) is 5.97.